The van der Waals surface area contributed by atoms with E-state index in [1.807, 2.05) is 0 Å². The van der Waals surface area contributed by atoms with Crippen molar-refractivity contribution in [1.29, 1.82) is 0 Å². The van der Waals surface area contributed by atoms with E-state index in [9.17, 15) is 4.79 Å². The summed E-state index contributed by atoms with van der Waals surface area (Å²) < 4.78 is 26.3. The van der Waals surface area contributed by atoms with Gasteiger partial charge >= 0.3 is 5.97 Å². The van der Waals surface area contributed by atoms with Crippen LogP contribution in [-0.2, 0) is 14.3 Å². The molecule has 3 rings (SSSR count). The molecule has 2 aliphatic rings. The summed E-state index contributed by atoms with van der Waals surface area (Å²) in [6.07, 6.45) is 8.56. The van der Waals surface area contributed by atoms with E-state index in [0.29, 0.717) is 36.9 Å². The van der Waals surface area contributed by atoms with E-state index >= 15 is 0 Å². The second-order valence-electron chi connectivity index (χ2n) is 8.00. The van der Waals surface area contributed by atoms with Crippen LogP contribution in [0.15, 0.2) is 6.08 Å². The molecule has 0 saturated carbocycles. The fourth-order valence-electron chi connectivity index (χ4n) is 3.61. The van der Waals surface area contributed by atoms with Gasteiger partial charge in [-0.2, -0.15) is 4.37 Å². The molecule has 0 aromatic carbocycles. The fraction of sp³-hybridized carbons (Fsp3) is 0.750. The first-order valence-corrected chi connectivity index (χ1v) is 11.1. The van der Waals surface area contributed by atoms with Gasteiger partial charge in [-0.3, -0.25) is 9.28 Å². The number of rotatable bonds is 10. The predicted octanol–water partition coefficient (Wildman–Crippen LogP) is 3.27. The number of unbranched alkanes of at least 4 members (excludes halogenated alkanes) is 3. The molecule has 1 aromatic rings. The summed E-state index contributed by atoms with van der Waals surface area (Å²) in [6, 6.07) is 0. The zero-order valence-electron chi connectivity index (χ0n) is 17.0. The third-order valence-electron chi connectivity index (χ3n) is 5.39. The maximum Gasteiger partial charge on any atom is 0.315 e. The normalized spacial score (nSPS) is 24.8. The number of nitrogens with zero attached hydrogens (tertiary/aromatic N) is 3. The van der Waals surface area contributed by atoms with E-state index in [-0.39, 0.29) is 11.9 Å². The SMILES string of the molecule is CCCCCCOc1nsnc1C1=CCC[N+](C)(COC(=O)C2CCOC2)C1. The van der Waals surface area contributed by atoms with Crippen LogP contribution in [0.4, 0.5) is 0 Å². The van der Waals surface area contributed by atoms with E-state index in [2.05, 4.69) is 28.8 Å². The van der Waals surface area contributed by atoms with Gasteiger partial charge in [-0.1, -0.05) is 32.3 Å². The van der Waals surface area contributed by atoms with Crippen molar-refractivity contribution < 1.29 is 23.5 Å². The first kappa shape index (κ1) is 21.2. The molecule has 0 amide bonds. The Kier molecular flexibility index (Phi) is 7.82. The molecule has 2 aliphatic heterocycles. The second kappa shape index (κ2) is 10.3. The van der Waals surface area contributed by atoms with Gasteiger partial charge in [0.1, 0.15) is 12.2 Å². The molecule has 0 radical (unpaired) electrons. The molecule has 2 atom stereocenters. The Hall–Kier alpha value is -1.51. The molecule has 8 heteroatoms. The second-order valence-corrected chi connectivity index (χ2v) is 8.53. The van der Waals surface area contributed by atoms with Crippen molar-refractivity contribution in [3.63, 3.8) is 0 Å². The van der Waals surface area contributed by atoms with Gasteiger partial charge in [-0.15, -0.1) is 4.37 Å². The minimum atomic E-state index is -0.139. The van der Waals surface area contributed by atoms with Crippen molar-refractivity contribution in [1.82, 2.24) is 8.75 Å². The molecular weight excluding hydrogens is 378 g/mol. The molecule has 3 heterocycles. The number of carbonyl (C=O) groups is 1. The number of esters is 1. The van der Waals surface area contributed by atoms with Crippen molar-refractivity contribution in [2.24, 2.45) is 5.92 Å². The van der Waals surface area contributed by atoms with Crippen molar-refractivity contribution in [3.05, 3.63) is 11.8 Å². The van der Waals surface area contributed by atoms with E-state index in [1.165, 1.54) is 31.0 Å². The molecule has 0 aliphatic carbocycles. The molecule has 156 valence electrons. The minimum Gasteiger partial charge on any atom is -0.475 e. The average Bonchev–Trinajstić information content (AvgIpc) is 3.38. The van der Waals surface area contributed by atoms with Gasteiger partial charge in [0.05, 0.1) is 44.5 Å². The van der Waals surface area contributed by atoms with Crippen LogP contribution in [0.5, 0.6) is 5.88 Å². The largest absolute Gasteiger partial charge is 0.475 e. The third-order valence-corrected chi connectivity index (χ3v) is 5.90. The zero-order chi connectivity index (χ0) is 19.8. The van der Waals surface area contributed by atoms with Crippen LogP contribution >= 0.6 is 11.7 Å². The summed E-state index contributed by atoms with van der Waals surface area (Å²) in [7, 11) is 2.12. The van der Waals surface area contributed by atoms with Crippen LogP contribution in [0, 0.1) is 5.92 Å². The number of aromatic nitrogens is 2. The van der Waals surface area contributed by atoms with Crippen LogP contribution in [-0.4, -0.2) is 65.9 Å². The number of carbonyl (C=O) groups excluding carboxylic acids is 1. The van der Waals surface area contributed by atoms with Gasteiger partial charge in [0.15, 0.2) is 0 Å². The molecule has 7 nitrogen and oxygen atoms in total. The Morgan fingerprint density at radius 1 is 1.36 bits per heavy atom. The van der Waals surface area contributed by atoms with Gasteiger partial charge in [0.25, 0.3) is 5.88 Å². The van der Waals surface area contributed by atoms with Crippen molar-refractivity contribution in [2.75, 3.05) is 46.7 Å². The molecule has 0 bridgehead atoms. The van der Waals surface area contributed by atoms with Gasteiger partial charge in [-0.25, -0.2) is 0 Å². The van der Waals surface area contributed by atoms with Crippen molar-refractivity contribution >= 4 is 23.3 Å². The van der Waals surface area contributed by atoms with Gasteiger partial charge in [-0.05, 0) is 12.8 Å². The molecular formula is C20H32N3O4S+. The molecule has 28 heavy (non-hydrogen) atoms. The highest BCUT2D eigenvalue weighted by molar-refractivity contribution is 6.99. The lowest BCUT2D eigenvalue weighted by atomic mass is 10.1. The fourth-order valence-corrected chi connectivity index (χ4v) is 4.14. The summed E-state index contributed by atoms with van der Waals surface area (Å²) in [6.45, 7) is 6.08. The molecule has 0 spiro atoms. The van der Waals surface area contributed by atoms with Crippen LogP contribution in [0.2, 0.25) is 0 Å². The third kappa shape index (κ3) is 5.75. The first-order chi connectivity index (χ1) is 13.6. The van der Waals surface area contributed by atoms with Gasteiger partial charge < -0.3 is 14.2 Å². The number of hydrogen-bond acceptors (Lipinski definition) is 7. The Morgan fingerprint density at radius 2 is 2.25 bits per heavy atom. The highest BCUT2D eigenvalue weighted by atomic mass is 32.1. The number of likely N-dealkylation sites (N-methyl/N-ethyl adjacent to an activating group) is 1. The Morgan fingerprint density at radius 3 is 3.04 bits per heavy atom. The zero-order valence-corrected chi connectivity index (χ0v) is 17.8. The number of hydrogen-bond donors (Lipinski definition) is 0. The molecule has 0 N–H and O–H groups in total. The smallest absolute Gasteiger partial charge is 0.315 e. The van der Waals surface area contributed by atoms with E-state index in [4.69, 9.17) is 14.2 Å². The van der Waals surface area contributed by atoms with E-state index < -0.39 is 0 Å². The molecule has 1 saturated heterocycles. The van der Waals surface area contributed by atoms with Crippen LogP contribution < -0.4 is 4.74 Å². The van der Waals surface area contributed by atoms with E-state index in [0.717, 1.165) is 43.6 Å². The van der Waals surface area contributed by atoms with Crippen LogP contribution in [0.3, 0.4) is 0 Å². The average molecular weight is 411 g/mol. The minimum absolute atomic E-state index is 0.109. The quantitative estimate of drug-likeness (QED) is 0.335. The van der Waals surface area contributed by atoms with Crippen LogP contribution in [0.1, 0.15) is 51.1 Å². The maximum absolute atomic E-state index is 12.2. The predicted molar refractivity (Wildman–Crippen MR) is 108 cm³/mol. The molecule has 1 aromatic heterocycles. The first-order valence-electron chi connectivity index (χ1n) is 10.3. The lowest BCUT2D eigenvalue weighted by Gasteiger charge is -2.36. The van der Waals surface area contributed by atoms with Gasteiger partial charge in [0, 0.05) is 18.6 Å². The Bertz CT molecular complexity index is 672. The topological polar surface area (TPSA) is 70.5 Å². The summed E-state index contributed by atoms with van der Waals surface area (Å²) in [5.41, 5.74) is 1.98. The van der Waals surface area contributed by atoms with Crippen molar-refractivity contribution in [2.45, 2.75) is 45.4 Å². The van der Waals surface area contributed by atoms with E-state index in [1.54, 1.807) is 0 Å². The van der Waals surface area contributed by atoms with Crippen LogP contribution in [0.25, 0.3) is 5.57 Å². The van der Waals surface area contributed by atoms with Gasteiger partial charge in [0.2, 0.25) is 6.73 Å². The lowest BCUT2D eigenvalue weighted by Crippen LogP contribution is -2.49. The summed E-state index contributed by atoms with van der Waals surface area (Å²) in [5.74, 6) is 0.391. The summed E-state index contributed by atoms with van der Waals surface area (Å²) in [5, 5.41) is 0. The lowest BCUT2D eigenvalue weighted by molar-refractivity contribution is -0.919. The summed E-state index contributed by atoms with van der Waals surface area (Å²) in [4.78, 5) is 12.2. The highest BCUT2D eigenvalue weighted by Gasteiger charge is 2.33. The Balaban J connectivity index is 1.53. The monoisotopic (exact) mass is 410 g/mol. The maximum atomic E-state index is 12.2. The molecule has 2 unspecified atom stereocenters. The Labute approximate surface area is 171 Å². The standard InChI is InChI=1S/C20H32N3O4S/c1-3-4-5-6-11-26-19-18(21-28-22-19)16-8-7-10-23(2,13-16)15-27-20(24)17-9-12-25-14-17/h8,17H,3-7,9-15H2,1-2H3/q+1. The summed E-state index contributed by atoms with van der Waals surface area (Å²) >= 11 is 1.19. The number of ether oxygens (including phenoxy) is 3. The molecule has 1 fully saturated rings. The highest BCUT2D eigenvalue weighted by Crippen LogP contribution is 2.30. The number of quaternary nitrogens is 1. The van der Waals surface area contributed by atoms with Crippen molar-refractivity contribution in [3.8, 4) is 5.88 Å².